The van der Waals surface area contributed by atoms with E-state index >= 15 is 0 Å². The van der Waals surface area contributed by atoms with Crippen molar-refractivity contribution in [1.29, 1.82) is 0 Å². The number of fused-ring (bicyclic) bond motifs is 1. The van der Waals surface area contributed by atoms with Crippen molar-refractivity contribution in [1.82, 2.24) is 9.97 Å². The Kier molecular flexibility index (Phi) is 4.20. The van der Waals surface area contributed by atoms with Gasteiger partial charge in [-0.05, 0) is 25.3 Å². The second-order valence-corrected chi connectivity index (χ2v) is 6.26. The Labute approximate surface area is 117 Å². The molecule has 2 aromatic rings. The summed E-state index contributed by atoms with van der Waals surface area (Å²) >= 11 is 1.55. The lowest BCUT2D eigenvalue weighted by molar-refractivity contribution is 0.715. The van der Waals surface area contributed by atoms with Crippen molar-refractivity contribution in [2.45, 2.75) is 46.0 Å². The van der Waals surface area contributed by atoms with Crippen LogP contribution in [0, 0.1) is 0 Å². The first-order valence-electron chi connectivity index (χ1n) is 6.67. The highest BCUT2D eigenvalue weighted by Gasteiger charge is 2.13. The van der Waals surface area contributed by atoms with Crippen molar-refractivity contribution in [2.75, 3.05) is 0 Å². The number of aromatic amines is 1. The normalized spacial score (nSPS) is 13.7. The Morgan fingerprint density at radius 3 is 2.79 bits per heavy atom. The third-order valence-electron chi connectivity index (χ3n) is 3.18. The summed E-state index contributed by atoms with van der Waals surface area (Å²) in [4.78, 5) is 20.9. The lowest BCUT2D eigenvalue weighted by atomic mass is 10.1. The number of hydrogen-bond acceptors (Lipinski definition) is 3. The van der Waals surface area contributed by atoms with Crippen LogP contribution < -0.4 is 5.56 Å². The third-order valence-corrected chi connectivity index (χ3v) is 4.61. The standard InChI is InChI=1S/C15H20N2OS/c1-5-6-7-10(4)14-16-11-8-12(9(2)3)19-13(11)15(18)17-14/h5-6,8-10H,7H2,1-4H3,(H,16,17,18)/b6-5-. The van der Waals surface area contributed by atoms with Crippen LogP contribution in [0.1, 0.15) is 56.7 Å². The van der Waals surface area contributed by atoms with E-state index in [2.05, 4.69) is 36.8 Å². The molecule has 1 N–H and O–H groups in total. The Morgan fingerprint density at radius 1 is 1.42 bits per heavy atom. The van der Waals surface area contributed by atoms with E-state index in [1.165, 1.54) is 4.88 Å². The van der Waals surface area contributed by atoms with Gasteiger partial charge in [0.25, 0.3) is 5.56 Å². The maximum atomic E-state index is 12.1. The molecule has 0 aliphatic carbocycles. The van der Waals surface area contributed by atoms with E-state index in [0.29, 0.717) is 5.92 Å². The number of nitrogens with one attached hydrogen (secondary N) is 1. The van der Waals surface area contributed by atoms with Gasteiger partial charge in [0.15, 0.2) is 0 Å². The van der Waals surface area contributed by atoms with Crippen LogP contribution in [0.4, 0.5) is 0 Å². The zero-order valence-electron chi connectivity index (χ0n) is 11.9. The number of H-pyrrole nitrogens is 1. The monoisotopic (exact) mass is 276 g/mol. The van der Waals surface area contributed by atoms with Crippen molar-refractivity contribution in [3.8, 4) is 0 Å². The van der Waals surface area contributed by atoms with Crippen molar-refractivity contribution >= 4 is 21.6 Å². The lowest BCUT2D eigenvalue weighted by Gasteiger charge is -2.07. The van der Waals surface area contributed by atoms with E-state index in [4.69, 9.17) is 0 Å². The zero-order valence-corrected chi connectivity index (χ0v) is 12.7. The van der Waals surface area contributed by atoms with E-state index in [-0.39, 0.29) is 11.5 Å². The van der Waals surface area contributed by atoms with Crippen molar-refractivity contribution in [3.63, 3.8) is 0 Å². The number of hydrogen-bond donors (Lipinski definition) is 1. The van der Waals surface area contributed by atoms with Crippen LogP contribution >= 0.6 is 11.3 Å². The Hall–Kier alpha value is -1.42. The van der Waals surface area contributed by atoms with Gasteiger partial charge in [0.05, 0.1) is 5.52 Å². The Bertz CT molecular complexity index is 652. The second kappa shape index (κ2) is 5.70. The molecule has 1 unspecified atom stereocenters. The average Bonchev–Trinajstić information content (AvgIpc) is 2.80. The molecule has 2 rings (SSSR count). The van der Waals surface area contributed by atoms with Crippen molar-refractivity contribution in [3.05, 3.63) is 39.3 Å². The maximum Gasteiger partial charge on any atom is 0.268 e. The van der Waals surface area contributed by atoms with E-state index in [1.807, 2.05) is 19.1 Å². The minimum absolute atomic E-state index is 0.00997. The Balaban J connectivity index is 2.46. The summed E-state index contributed by atoms with van der Waals surface area (Å²) < 4.78 is 0.741. The molecule has 0 saturated heterocycles. The molecule has 2 aromatic heterocycles. The first kappa shape index (κ1) is 14.0. The summed E-state index contributed by atoms with van der Waals surface area (Å²) in [5, 5.41) is 0. The van der Waals surface area contributed by atoms with Crippen LogP contribution in [0.3, 0.4) is 0 Å². The van der Waals surface area contributed by atoms with E-state index in [1.54, 1.807) is 11.3 Å². The van der Waals surface area contributed by atoms with Crippen LogP contribution in [0.25, 0.3) is 10.2 Å². The van der Waals surface area contributed by atoms with Crippen molar-refractivity contribution < 1.29 is 0 Å². The first-order valence-corrected chi connectivity index (χ1v) is 7.49. The molecule has 102 valence electrons. The molecule has 0 aromatic carbocycles. The topological polar surface area (TPSA) is 45.8 Å². The number of nitrogens with zero attached hydrogens (tertiary/aromatic N) is 1. The largest absolute Gasteiger partial charge is 0.309 e. The van der Waals surface area contributed by atoms with Crippen LogP contribution in [-0.2, 0) is 0 Å². The van der Waals surface area contributed by atoms with Gasteiger partial charge < -0.3 is 4.98 Å². The molecule has 0 amide bonds. The minimum atomic E-state index is -0.00997. The SMILES string of the molecule is C/C=C\CC(C)c1nc2cc(C(C)C)sc2c(=O)[nH]1. The molecule has 3 nitrogen and oxygen atoms in total. The van der Waals surface area contributed by atoms with Gasteiger partial charge in [-0.25, -0.2) is 4.98 Å². The molecule has 2 heterocycles. The van der Waals surface area contributed by atoms with Gasteiger partial charge in [0, 0.05) is 10.8 Å². The molecule has 0 bridgehead atoms. The van der Waals surface area contributed by atoms with Crippen LogP contribution in [-0.4, -0.2) is 9.97 Å². The zero-order chi connectivity index (χ0) is 14.0. The first-order chi connectivity index (χ1) is 9.02. The molecule has 19 heavy (non-hydrogen) atoms. The van der Waals surface area contributed by atoms with Gasteiger partial charge in [-0.2, -0.15) is 0 Å². The van der Waals surface area contributed by atoms with Gasteiger partial charge in [-0.1, -0.05) is 32.9 Å². The van der Waals surface area contributed by atoms with Crippen molar-refractivity contribution in [2.24, 2.45) is 0 Å². The predicted octanol–water partition coefficient (Wildman–Crippen LogP) is 4.18. The predicted molar refractivity (Wildman–Crippen MR) is 82.2 cm³/mol. The molecule has 1 atom stereocenters. The molecule has 0 aliphatic heterocycles. The second-order valence-electron chi connectivity index (χ2n) is 5.17. The maximum absolute atomic E-state index is 12.1. The highest BCUT2D eigenvalue weighted by molar-refractivity contribution is 7.19. The molecular formula is C15H20N2OS. The number of aromatic nitrogens is 2. The highest BCUT2D eigenvalue weighted by Crippen LogP contribution is 2.28. The molecule has 0 saturated carbocycles. The fourth-order valence-corrected chi connectivity index (χ4v) is 2.94. The average molecular weight is 276 g/mol. The van der Waals surface area contributed by atoms with Gasteiger partial charge in [-0.3, -0.25) is 4.79 Å². The van der Waals surface area contributed by atoms with E-state index in [0.717, 1.165) is 22.5 Å². The minimum Gasteiger partial charge on any atom is -0.309 e. The molecule has 0 aliphatic rings. The number of rotatable bonds is 4. The third kappa shape index (κ3) is 2.95. The Morgan fingerprint density at radius 2 is 2.16 bits per heavy atom. The molecule has 4 heteroatoms. The quantitative estimate of drug-likeness (QED) is 0.852. The molecule has 0 spiro atoms. The van der Waals surface area contributed by atoms with Crippen LogP contribution in [0.5, 0.6) is 0 Å². The van der Waals surface area contributed by atoms with Gasteiger partial charge in [0.2, 0.25) is 0 Å². The van der Waals surface area contributed by atoms with E-state index in [9.17, 15) is 4.79 Å². The molecule has 0 radical (unpaired) electrons. The van der Waals surface area contributed by atoms with Gasteiger partial charge in [-0.15, -0.1) is 11.3 Å². The summed E-state index contributed by atoms with van der Waals surface area (Å²) in [7, 11) is 0. The van der Waals surface area contributed by atoms with Crippen LogP contribution in [0.2, 0.25) is 0 Å². The number of allylic oxidation sites excluding steroid dienone is 2. The summed E-state index contributed by atoms with van der Waals surface area (Å²) in [6.45, 7) is 8.35. The lowest BCUT2D eigenvalue weighted by Crippen LogP contribution is -2.12. The summed E-state index contributed by atoms with van der Waals surface area (Å²) in [5.74, 6) is 1.45. The molecular weight excluding hydrogens is 256 g/mol. The summed E-state index contributed by atoms with van der Waals surface area (Å²) in [6.07, 6.45) is 5.02. The van der Waals surface area contributed by atoms with Crippen LogP contribution in [0.15, 0.2) is 23.0 Å². The smallest absolute Gasteiger partial charge is 0.268 e. The molecule has 0 fully saturated rings. The summed E-state index contributed by atoms with van der Waals surface area (Å²) in [6, 6.07) is 2.05. The fourth-order valence-electron chi connectivity index (χ4n) is 1.95. The summed E-state index contributed by atoms with van der Waals surface area (Å²) in [5.41, 5.74) is 0.823. The van der Waals surface area contributed by atoms with Gasteiger partial charge in [0.1, 0.15) is 10.5 Å². The number of thiophene rings is 1. The van der Waals surface area contributed by atoms with E-state index < -0.39 is 0 Å². The fraction of sp³-hybridized carbons (Fsp3) is 0.467. The highest BCUT2D eigenvalue weighted by atomic mass is 32.1. The van der Waals surface area contributed by atoms with Gasteiger partial charge >= 0.3 is 0 Å².